The number of nitrogens with zero attached hydrogens (tertiary/aromatic N) is 3. The van der Waals surface area contributed by atoms with Gasteiger partial charge in [0.15, 0.2) is 5.82 Å². The minimum Gasteiger partial charge on any atom is -0.497 e. The van der Waals surface area contributed by atoms with Gasteiger partial charge in [0.25, 0.3) is 15.6 Å². The Morgan fingerprint density at radius 3 is 2.38 bits per heavy atom. The second-order valence-electron chi connectivity index (χ2n) is 8.50. The van der Waals surface area contributed by atoms with Gasteiger partial charge in [0.1, 0.15) is 34.3 Å². The van der Waals surface area contributed by atoms with Crippen molar-refractivity contribution in [2.75, 3.05) is 18.5 Å². The molecule has 0 aliphatic heterocycles. The number of aromatic nitrogens is 2. The number of rotatable bonds is 8. The molecule has 0 aliphatic carbocycles. The molecule has 0 N–H and O–H groups in total. The number of hydrogen-bond donors (Lipinski definition) is 0. The zero-order valence-electron chi connectivity index (χ0n) is 21.0. The van der Waals surface area contributed by atoms with Crippen molar-refractivity contribution >= 4 is 42.7 Å². The summed E-state index contributed by atoms with van der Waals surface area (Å²) in [6.07, 6.45) is 1.20. The Bertz CT molecular complexity index is 1880. The number of sulfonamides is 1. The summed E-state index contributed by atoms with van der Waals surface area (Å²) in [7, 11) is -1.70. The first-order valence-electron chi connectivity index (χ1n) is 11.6. The molecule has 9 nitrogen and oxygen atoms in total. The van der Waals surface area contributed by atoms with Gasteiger partial charge in [-0.1, -0.05) is 17.3 Å². The van der Waals surface area contributed by atoms with Crippen LogP contribution in [0.5, 0.6) is 11.5 Å². The normalized spacial score (nSPS) is 11.5. The Morgan fingerprint density at radius 2 is 1.73 bits per heavy atom. The van der Waals surface area contributed by atoms with Crippen molar-refractivity contribution in [3.8, 4) is 17.2 Å². The molecule has 0 saturated carbocycles. The fraction of sp³-hybridized carbons (Fsp3) is 0.111. The molecular formula is C27H20BrF2N3O6S. The monoisotopic (exact) mass is 631 g/mol. The lowest BCUT2D eigenvalue weighted by Crippen LogP contribution is -2.31. The Morgan fingerprint density at radius 1 is 0.975 bits per heavy atom. The number of fused-ring (bicyclic) bond motifs is 1. The maximum Gasteiger partial charge on any atom is 0.268 e. The van der Waals surface area contributed by atoms with E-state index < -0.39 is 32.1 Å². The third-order valence-corrected chi connectivity index (χ3v) is 8.52. The quantitative estimate of drug-likeness (QED) is 0.225. The molecule has 5 aromatic rings. The molecule has 0 atom stereocenters. The number of pyridine rings is 1. The molecule has 0 saturated heterocycles. The van der Waals surface area contributed by atoms with Crippen molar-refractivity contribution in [1.82, 2.24) is 9.72 Å². The SMILES string of the molecule is COc1ccc(CN(c2ccon2)S(=O)(=O)c2cc3ccc(=O)n(-c4cc(F)c(Br)cc4OC)c3cc2F)cc1. The van der Waals surface area contributed by atoms with Gasteiger partial charge < -0.3 is 14.0 Å². The summed E-state index contributed by atoms with van der Waals surface area (Å²) in [5, 5.41) is 3.96. The van der Waals surface area contributed by atoms with Gasteiger partial charge in [-0.05, 0) is 51.8 Å². The third-order valence-electron chi connectivity index (χ3n) is 6.14. The highest BCUT2D eigenvalue weighted by Gasteiger charge is 2.31. The molecular weight excluding hydrogens is 612 g/mol. The third kappa shape index (κ3) is 4.93. The van der Waals surface area contributed by atoms with Crippen LogP contribution in [0, 0.1) is 11.6 Å². The van der Waals surface area contributed by atoms with Crippen LogP contribution < -0.4 is 19.3 Å². The van der Waals surface area contributed by atoms with Crippen molar-refractivity contribution < 1.29 is 31.2 Å². The van der Waals surface area contributed by atoms with E-state index in [1.165, 1.54) is 44.7 Å². The van der Waals surface area contributed by atoms with E-state index in [0.717, 1.165) is 27.1 Å². The van der Waals surface area contributed by atoms with E-state index in [9.17, 15) is 17.6 Å². The van der Waals surface area contributed by atoms with Crippen LogP contribution in [-0.2, 0) is 16.6 Å². The highest BCUT2D eigenvalue weighted by atomic mass is 79.9. The van der Waals surface area contributed by atoms with E-state index in [4.69, 9.17) is 14.0 Å². The number of anilines is 1. The van der Waals surface area contributed by atoms with Gasteiger partial charge in [0, 0.05) is 29.7 Å². The van der Waals surface area contributed by atoms with Crippen molar-refractivity contribution in [2.45, 2.75) is 11.4 Å². The van der Waals surface area contributed by atoms with E-state index in [0.29, 0.717) is 11.3 Å². The summed E-state index contributed by atoms with van der Waals surface area (Å²) < 4.78 is 75.3. The summed E-state index contributed by atoms with van der Waals surface area (Å²) in [4.78, 5) is 12.2. The van der Waals surface area contributed by atoms with Crippen molar-refractivity contribution in [1.29, 1.82) is 0 Å². The summed E-state index contributed by atoms with van der Waals surface area (Å²) in [5.41, 5.74) is -0.0114. The van der Waals surface area contributed by atoms with Crippen LogP contribution in [0.1, 0.15) is 5.56 Å². The van der Waals surface area contributed by atoms with Crippen LogP contribution in [-0.4, -0.2) is 32.4 Å². The van der Waals surface area contributed by atoms with E-state index in [1.54, 1.807) is 24.3 Å². The average molecular weight is 632 g/mol. The average Bonchev–Trinajstić information content (AvgIpc) is 3.47. The molecule has 0 spiro atoms. The topological polar surface area (TPSA) is 104 Å². The fourth-order valence-corrected chi connectivity index (χ4v) is 5.98. The molecule has 0 unspecified atom stereocenters. The molecule has 0 fully saturated rings. The Kier molecular flexibility index (Phi) is 7.34. The zero-order valence-corrected chi connectivity index (χ0v) is 23.4. The minimum atomic E-state index is -4.55. The first-order chi connectivity index (χ1) is 19.1. The lowest BCUT2D eigenvalue weighted by atomic mass is 10.2. The van der Waals surface area contributed by atoms with E-state index in [2.05, 4.69) is 21.1 Å². The highest BCUT2D eigenvalue weighted by Crippen LogP contribution is 2.33. The molecule has 0 aliphatic rings. The molecule has 5 rings (SSSR count). The van der Waals surface area contributed by atoms with E-state index in [-0.39, 0.29) is 39.2 Å². The molecule has 40 heavy (non-hydrogen) atoms. The number of methoxy groups -OCH3 is 2. The van der Waals surface area contributed by atoms with Gasteiger partial charge >= 0.3 is 0 Å². The molecule has 206 valence electrons. The summed E-state index contributed by atoms with van der Waals surface area (Å²) in [6.45, 7) is -0.189. The molecule has 2 aromatic heterocycles. The largest absolute Gasteiger partial charge is 0.497 e. The summed E-state index contributed by atoms with van der Waals surface area (Å²) in [6, 6.07) is 15.0. The predicted molar refractivity (Wildman–Crippen MR) is 147 cm³/mol. The minimum absolute atomic E-state index is 0.00659. The van der Waals surface area contributed by atoms with E-state index >= 15 is 4.39 Å². The molecule has 0 radical (unpaired) electrons. The van der Waals surface area contributed by atoms with Gasteiger partial charge in [-0.3, -0.25) is 9.36 Å². The second kappa shape index (κ2) is 10.7. The molecule has 3 aromatic carbocycles. The van der Waals surface area contributed by atoms with Crippen molar-refractivity contribution in [3.05, 3.63) is 105 Å². The number of ether oxygens (including phenoxy) is 2. The van der Waals surface area contributed by atoms with Crippen molar-refractivity contribution in [2.24, 2.45) is 0 Å². The predicted octanol–water partition coefficient (Wildman–Crippen LogP) is 5.43. The van der Waals surface area contributed by atoms with Gasteiger partial charge in [-0.15, -0.1) is 0 Å². The van der Waals surface area contributed by atoms with Gasteiger partial charge in [-0.2, -0.15) is 0 Å². The van der Waals surface area contributed by atoms with Crippen LogP contribution >= 0.6 is 15.9 Å². The first kappa shape index (κ1) is 27.3. The lowest BCUT2D eigenvalue weighted by Gasteiger charge is -2.23. The molecule has 0 amide bonds. The van der Waals surface area contributed by atoms with Crippen LogP contribution in [0.3, 0.4) is 0 Å². The summed E-state index contributed by atoms with van der Waals surface area (Å²) >= 11 is 3.07. The Hall–Kier alpha value is -4.23. The molecule has 2 heterocycles. The van der Waals surface area contributed by atoms with Crippen molar-refractivity contribution in [3.63, 3.8) is 0 Å². The molecule has 13 heteroatoms. The van der Waals surface area contributed by atoms with Gasteiger partial charge in [-0.25, -0.2) is 21.5 Å². The number of benzene rings is 3. The van der Waals surface area contributed by atoms with Crippen LogP contribution in [0.4, 0.5) is 14.6 Å². The van der Waals surface area contributed by atoms with Gasteiger partial charge in [0.2, 0.25) is 0 Å². The van der Waals surface area contributed by atoms with Crippen LogP contribution in [0.25, 0.3) is 16.6 Å². The Labute approximate surface area is 235 Å². The number of halogens is 3. The molecule has 0 bridgehead atoms. The zero-order chi connectivity index (χ0) is 28.6. The fourth-order valence-electron chi connectivity index (χ4n) is 4.18. The maximum absolute atomic E-state index is 15.7. The van der Waals surface area contributed by atoms with Crippen LogP contribution in [0.2, 0.25) is 0 Å². The summed E-state index contributed by atoms with van der Waals surface area (Å²) in [5.74, 6) is -1.16. The highest BCUT2D eigenvalue weighted by molar-refractivity contribution is 9.10. The first-order valence-corrected chi connectivity index (χ1v) is 13.8. The standard InChI is InChI=1S/C27H20BrF2N3O6S/c1-37-18-6-3-16(4-7-18)15-32(26-9-10-39-31-26)40(35,36)25-11-17-5-8-27(34)33(22(17)14-21(25)30)23-13-20(29)19(28)12-24(23)38-2/h3-14H,15H2,1-2H3. The van der Waals surface area contributed by atoms with Gasteiger partial charge in [0.05, 0.1) is 36.4 Å². The van der Waals surface area contributed by atoms with Crippen LogP contribution in [0.15, 0.2) is 91.7 Å². The smallest absolute Gasteiger partial charge is 0.268 e. The Balaban J connectivity index is 1.66. The lowest BCUT2D eigenvalue weighted by molar-refractivity contribution is 0.411. The van der Waals surface area contributed by atoms with E-state index in [1.807, 2.05) is 0 Å². The number of hydrogen-bond acceptors (Lipinski definition) is 7. The second-order valence-corrected chi connectivity index (χ2v) is 11.2. The maximum atomic E-state index is 15.7.